The van der Waals surface area contributed by atoms with Crippen LogP contribution in [0.1, 0.15) is 6.99 Å². The lowest BCUT2D eigenvalue weighted by molar-refractivity contribution is 0.792. The van der Waals surface area contributed by atoms with Crippen LogP contribution in [0.15, 0.2) is 24.3 Å². The van der Waals surface area contributed by atoms with Gasteiger partial charge in [-0.3, -0.25) is 0 Å². The Hall–Kier alpha value is -1.02. The maximum absolute atomic E-state index is 5.54. The maximum Gasteiger partial charge on any atom is 0.0314 e. The maximum atomic E-state index is 5.54. The van der Waals surface area contributed by atoms with Crippen molar-refractivity contribution in [1.82, 2.24) is 5.32 Å². The van der Waals surface area contributed by atoms with Gasteiger partial charge in [0.25, 0.3) is 0 Å². The van der Waals surface area contributed by atoms with Gasteiger partial charge in [0.05, 0.1) is 0 Å². The summed E-state index contributed by atoms with van der Waals surface area (Å²) in [6.07, 6.45) is 1.07. The quantitative estimate of drug-likeness (QED) is 0.640. The predicted octanol–water partition coefficient (Wildman–Crippen LogP) is 1.28. The summed E-state index contributed by atoms with van der Waals surface area (Å²) in [7, 11) is 1.96. The summed E-state index contributed by atoms with van der Waals surface area (Å²) in [5.41, 5.74) is 7.70. The molecule has 0 spiro atoms. The molecule has 2 nitrogen and oxygen atoms in total. The van der Waals surface area contributed by atoms with Crippen molar-refractivity contribution < 1.29 is 1.43 Å². The van der Waals surface area contributed by atoms with Crippen LogP contribution in [0.5, 0.6) is 0 Å². The zero-order chi connectivity index (χ0) is 8.10. The van der Waals surface area contributed by atoms with Crippen molar-refractivity contribution in [3.05, 3.63) is 29.8 Å². The van der Waals surface area contributed by atoms with E-state index in [4.69, 9.17) is 5.73 Å². The van der Waals surface area contributed by atoms with E-state index in [2.05, 4.69) is 17.4 Å². The van der Waals surface area contributed by atoms with Gasteiger partial charge >= 0.3 is 0 Å². The number of hydrogen-bond donors (Lipinski definition) is 2. The number of anilines is 1. The molecule has 0 fully saturated rings. The first kappa shape index (κ1) is 8.08. The van der Waals surface area contributed by atoms with Crippen molar-refractivity contribution in [2.75, 3.05) is 19.3 Å². The van der Waals surface area contributed by atoms with Gasteiger partial charge in [0, 0.05) is 7.11 Å². The smallest absolute Gasteiger partial charge is 0.0314 e. The number of benzene rings is 1. The Morgan fingerprint density at radius 3 is 2.55 bits per heavy atom. The lowest BCUT2D eigenvalue weighted by Gasteiger charge is -2.00. The first-order chi connectivity index (χ1) is 5.33. The van der Waals surface area contributed by atoms with Crippen molar-refractivity contribution in [1.29, 1.82) is 0 Å². The number of likely N-dealkylation sites (N-methyl/N-ethyl adjacent to an activating group) is 1. The normalized spacial score (nSPS) is 9.91. The molecule has 0 unspecified atom stereocenters. The van der Waals surface area contributed by atoms with E-state index in [-0.39, 0.29) is 1.43 Å². The SMILES string of the molecule is CNCCc1ccc(N)cc1.[HH]. The van der Waals surface area contributed by atoms with Gasteiger partial charge in [-0.25, -0.2) is 0 Å². The molecule has 0 aromatic heterocycles. The first-order valence-corrected chi connectivity index (χ1v) is 3.82. The van der Waals surface area contributed by atoms with E-state index >= 15 is 0 Å². The molecule has 0 heterocycles. The van der Waals surface area contributed by atoms with Crippen LogP contribution in [0.25, 0.3) is 0 Å². The number of hydrogen-bond acceptors (Lipinski definition) is 2. The molecule has 2 heteroatoms. The third kappa shape index (κ3) is 2.60. The van der Waals surface area contributed by atoms with Gasteiger partial charge in [-0.2, -0.15) is 0 Å². The Bertz CT molecular complexity index is 208. The Morgan fingerprint density at radius 2 is 2.00 bits per heavy atom. The lowest BCUT2D eigenvalue weighted by atomic mass is 10.1. The lowest BCUT2D eigenvalue weighted by Crippen LogP contribution is -2.10. The predicted molar refractivity (Wildman–Crippen MR) is 50.6 cm³/mol. The number of nitrogen functional groups attached to an aromatic ring is 1. The highest BCUT2D eigenvalue weighted by Crippen LogP contribution is 2.04. The van der Waals surface area contributed by atoms with Crippen LogP contribution in [0.2, 0.25) is 0 Å². The molecule has 11 heavy (non-hydrogen) atoms. The molecule has 1 aromatic carbocycles. The van der Waals surface area contributed by atoms with Crippen molar-refractivity contribution in [2.45, 2.75) is 6.42 Å². The largest absolute Gasteiger partial charge is 0.399 e. The van der Waals surface area contributed by atoms with Crippen LogP contribution in [0.4, 0.5) is 5.69 Å². The second kappa shape index (κ2) is 3.98. The van der Waals surface area contributed by atoms with E-state index in [1.165, 1.54) is 5.56 Å². The summed E-state index contributed by atoms with van der Waals surface area (Å²) < 4.78 is 0. The number of rotatable bonds is 3. The topological polar surface area (TPSA) is 38.0 Å². The monoisotopic (exact) mass is 152 g/mol. The van der Waals surface area contributed by atoms with E-state index < -0.39 is 0 Å². The fourth-order valence-electron chi connectivity index (χ4n) is 0.954. The molecule has 0 saturated carbocycles. The molecular weight excluding hydrogens is 136 g/mol. The molecule has 0 amide bonds. The molecule has 0 radical (unpaired) electrons. The van der Waals surface area contributed by atoms with Gasteiger partial charge < -0.3 is 11.1 Å². The standard InChI is InChI=1S/C9H14N2.H2/c1-11-7-6-8-2-4-9(10)5-3-8;/h2-5,11H,6-7,10H2,1H3;1H. The fourth-order valence-corrected chi connectivity index (χ4v) is 0.954. The molecule has 0 aliphatic carbocycles. The van der Waals surface area contributed by atoms with E-state index in [9.17, 15) is 0 Å². The van der Waals surface area contributed by atoms with E-state index in [1.807, 2.05) is 19.2 Å². The minimum atomic E-state index is 0. The molecule has 0 bridgehead atoms. The molecule has 1 aromatic rings. The van der Waals surface area contributed by atoms with Crippen molar-refractivity contribution >= 4 is 5.69 Å². The third-order valence-electron chi connectivity index (χ3n) is 1.64. The van der Waals surface area contributed by atoms with Crippen LogP contribution in [0.3, 0.4) is 0 Å². The van der Waals surface area contributed by atoms with Crippen LogP contribution in [-0.4, -0.2) is 13.6 Å². The molecule has 0 atom stereocenters. The molecule has 1 rings (SSSR count). The summed E-state index contributed by atoms with van der Waals surface area (Å²) in [5.74, 6) is 0. The average molecular weight is 152 g/mol. The Morgan fingerprint density at radius 1 is 1.36 bits per heavy atom. The van der Waals surface area contributed by atoms with E-state index in [0.29, 0.717) is 0 Å². The number of nitrogens with one attached hydrogen (secondary N) is 1. The molecule has 0 aliphatic rings. The summed E-state index contributed by atoms with van der Waals surface area (Å²) >= 11 is 0. The molecular formula is C9H16N2. The summed E-state index contributed by atoms with van der Waals surface area (Å²) in [5, 5.41) is 3.10. The highest BCUT2D eigenvalue weighted by atomic mass is 14.8. The minimum absolute atomic E-state index is 0. The Kier molecular flexibility index (Phi) is 2.93. The van der Waals surface area contributed by atoms with Crippen molar-refractivity contribution in [3.8, 4) is 0 Å². The third-order valence-corrected chi connectivity index (χ3v) is 1.64. The molecule has 62 valence electrons. The average Bonchev–Trinajstić information content (AvgIpc) is 2.04. The highest BCUT2D eigenvalue weighted by Gasteiger charge is 1.89. The van der Waals surface area contributed by atoms with Gasteiger partial charge in [0.15, 0.2) is 0 Å². The minimum Gasteiger partial charge on any atom is -0.399 e. The van der Waals surface area contributed by atoms with Crippen LogP contribution >= 0.6 is 0 Å². The van der Waals surface area contributed by atoms with Gasteiger partial charge in [-0.05, 0) is 37.7 Å². The van der Waals surface area contributed by atoms with Crippen molar-refractivity contribution in [2.24, 2.45) is 0 Å². The van der Waals surface area contributed by atoms with Gasteiger partial charge in [0.1, 0.15) is 0 Å². The van der Waals surface area contributed by atoms with E-state index in [0.717, 1.165) is 18.7 Å². The van der Waals surface area contributed by atoms with Gasteiger partial charge in [-0.1, -0.05) is 12.1 Å². The second-order valence-electron chi connectivity index (χ2n) is 2.60. The van der Waals surface area contributed by atoms with E-state index in [1.54, 1.807) is 0 Å². The fraction of sp³-hybridized carbons (Fsp3) is 0.333. The second-order valence-corrected chi connectivity index (χ2v) is 2.60. The Balaban J connectivity index is 0.00000121. The van der Waals surface area contributed by atoms with Crippen LogP contribution in [-0.2, 0) is 6.42 Å². The molecule has 0 saturated heterocycles. The van der Waals surface area contributed by atoms with Gasteiger partial charge in [-0.15, -0.1) is 0 Å². The summed E-state index contributed by atoms with van der Waals surface area (Å²) in [4.78, 5) is 0. The Labute approximate surface area is 68.9 Å². The van der Waals surface area contributed by atoms with Crippen molar-refractivity contribution in [3.63, 3.8) is 0 Å². The van der Waals surface area contributed by atoms with Gasteiger partial charge in [0.2, 0.25) is 0 Å². The summed E-state index contributed by atoms with van der Waals surface area (Å²) in [6.45, 7) is 1.02. The molecule has 3 N–H and O–H groups in total. The number of nitrogens with two attached hydrogens (primary N) is 1. The van der Waals surface area contributed by atoms with Crippen LogP contribution in [0, 0.1) is 0 Å². The molecule has 0 aliphatic heterocycles. The zero-order valence-electron chi connectivity index (χ0n) is 6.80. The van der Waals surface area contributed by atoms with Crippen LogP contribution < -0.4 is 11.1 Å². The summed E-state index contributed by atoms with van der Waals surface area (Å²) in [6, 6.07) is 8.00. The first-order valence-electron chi connectivity index (χ1n) is 3.82. The zero-order valence-corrected chi connectivity index (χ0v) is 6.80. The highest BCUT2D eigenvalue weighted by molar-refractivity contribution is 5.39.